The topological polar surface area (TPSA) is 9.23 Å². The van der Waals surface area contributed by atoms with Gasteiger partial charge in [-0.3, -0.25) is 0 Å². The lowest BCUT2D eigenvalue weighted by Gasteiger charge is -2.08. The third-order valence-electron chi connectivity index (χ3n) is 2.33. The minimum atomic E-state index is 0.561. The molecule has 15 heavy (non-hydrogen) atoms. The zero-order valence-corrected chi connectivity index (χ0v) is 9.28. The van der Waals surface area contributed by atoms with Gasteiger partial charge in [0.15, 0.2) is 0 Å². The van der Waals surface area contributed by atoms with E-state index < -0.39 is 0 Å². The second-order valence-corrected chi connectivity index (χ2v) is 3.84. The van der Waals surface area contributed by atoms with E-state index in [4.69, 9.17) is 11.2 Å². The maximum Gasteiger partial charge on any atom is 0.0716 e. The van der Waals surface area contributed by atoms with Crippen molar-refractivity contribution < 1.29 is 4.74 Å². The predicted octanol–water partition coefficient (Wildman–Crippen LogP) is 3.25. The Balaban J connectivity index is 2.10. The van der Waals surface area contributed by atoms with Gasteiger partial charge in [-0.2, -0.15) is 0 Å². The smallest absolute Gasteiger partial charge is 0.0716 e. The summed E-state index contributed by atoms with van der Waals surface area (Å²) in [6.45, 7) is 3.65. The molecule has 80 valence electrons. The van der Waals surface area contributed by atoms with E-state index in [9.17, 15) is 0 Å². The van der Waals surface area contributed by atoms with Crippen LogP contribution < -0.4 is 0 Å². The number of hydrogen-bond acceptors (Lipinski definition) is 1. The molecule has 0 aliphatic carbocycles. The second kappa shape index (κ2) is 7.09. The average Bonchev–Trinajstić information content (AvgIpc) is 2.26. The molecule has 1 aromatic carbocycles. The summed E-state index contributed by atoms with van der Waals surface area (Å²) in [7, 11) is 0. The summed E-state index contributed by atoms with van der Waals surface area (Å²) in [5.41, 5.74) is 1.22. The van der Waals surface area contributed by atoms with Gasteiger partial charge in [0.25, 0.3) is 0 Å². The number of rotatable bonds is 6. The fraction of sp³-hybridized carbons (Fsp3) is 0.429. The van der Waals surface area contributed by atoms with Crippen LogP contribution in [0.3, 0.4) is 0 Å². The fourth-order valence-electron chi connectivity index (χ4n) is 1.35. The Labute approximate surface area is 92.5 Å². The average molecular weight is 202 g/mol. The molecule has 0 heterocycles. The van der Waals surface area contributed by atoms with Crippen LogP contribution in [0.5, 0.6) is 0 Å². The van der Waals surface area contributed by atoms with Crippen LogP contribution in [0.15, 0.2) is 30.3 Å². The number of ether oxygens (including phenoxy) is 1. The Morgan fingerprint density at radius 3 is 2.73 bits per heavy atom. The van der Waals surface area contributed by atoms with Crippen LogP contribution in [0, 0.1) is 18.3 Å². The highest BCUT2D eigenvalue weighted by Crippen LogP contribution is 2.07. The Kier molecular flexibility index (Phi) is 5.58. The Bertz CT molecular complexity index is 297. The molecule has 0 amide bonds. The molecule has 1 nitrogen and oxygen atoms in total. The first-order valence-electron chi connectivity index (χ1n) is 5.38. The van der Waals surface area contributed by atoms with Gasteiger partial charge in [-0.15, -0.1) is 12.3 Å². The Morgan fingerprint density at radius 1 is 1.33 bits per heavy atom. The van der Waals surface area contributed by atoms with Crippen molar-refractivity contribution in [3.8, 4) is 12.3 Å². The van der Waals surface area contributed by atoms with Crippen LogP contribution >= 0.6 is 0 Å². The van der Waals surface area contributed by atoms with Crippen LogP contribution in [0.1, 0.15) is 25.3 Å². The molecule has 0 aromatic heterocycles. The molecule has 1 rings (SSSR count). The molecule has 0 aliphatic heterocycles. The molecule has 0 radical (unpaired) electrons. The minimum Gasteiger partial charge on any atom is -0.377 e. The summed E-state index contributed by atoms with van der Waals surface area (Å²) in [5.74, 6) is 3.23. The molecular weight excluding hydrogens is 184 g/mol. The van der Waals surface area contributed by atoms with Gasteiger partial charge >= 0.3 is 0 Å². The standard InChI is InChI=1S/C14H18O/c1-3-7-13(2)10-11-15-12-14-8-5-4-6-9-14/h1,4-6,8-9,13H,7,10-12H2,2H3. The highest BCUT2D eigenvalue weighted by molar-refractivity contribution is 5.13. The number of terminal acetylenes is 1. The summed E-state index contributed by atoms with van der Waals surface area (Å²) in [4.78, 5) is 0. The summed E-state index contributed by atoms with van der Waals surface area (Å²) < 4.78 is 5.57. The van der Waals surface area contributed by atoms with Gasteiger partial charge in [0.2, 0.25) is 0 Å². The van der Waals surface area contributed by atoms with Gasteiger partial charge < -0.3 is 4.74 Å². The molecule has 0 fully saturated rings. The van der Waals surface area contributed by atoms with Crippen LogP contribution in [0.4, 0.5) is 0 Å². The monoisotopic (exact) mass is 202 g/mol. The highest BCUT2D eigenvalue weighted by Gasteiger charge is 1.99. The lowest BCUT2D eigenvalue weighted by atomic mass is 10.1. The molecule has 0 N–H and O–H groups in total. The van der Waals surface area contributed by atoms with E-state index >= 15 is 0 Å². The van der Waals surface area contributed by atoms with E-state index in [1.54, 1.807) is 0 Å². The lowest BCUT2D eigenvalue weighted by Crippen LogP contribution is -2.01. The van der Waals surface area contributed by atoms with Crippen molar-refractivity contribution >= 4 is 0 Å². The van der Waals surface area contributed by atoms with E-state index in [1.165, 1.54) is 5.56 Å². The number of benzene rings is 1. The van der Waals surface area contributed by atoms with Gasteiger partial charge in [-0.05, 0) is 17.9 Å². The highest BCUT2D eigenvalue weighted by atomic mass is 16.5. The molecule has 0 saturated carbocycles. The molecular formula is C14H18O. The minimum absolute atomic E-state index is 0.561. The Morgan fingerprint density at radius 2 is 2.07 bits per heavy atom. The van der Waals surface area contributed by atoms with E-state index in [0.717, 1.165) is 19.4 Å². The first kappa shape index (κ1) is 11.8. The second-order valence-electron chi connectivity index (χ2n) is 3.84. The Hall–Kier alpha value is -1.26. The van der Waals surface area contributed by atoms with Gasteiger partial charge in [0.05, 0.1) is 6.61 Å². The van der Waals surface area contributed by atoms with E-state index in [0.29, 0.717) is 12.5 Å². The molecule has 1 atom stereocenters. The lowest BCUT2D eigenvalue weighted by molar-refractivity contribution is 0.109. The van der Waals surface area contributed by atoms with Crippen molar-refractivity contribution in [1.29, 1.82) is 0 Å². The summed E-state index contributed by atoms with van der Waals surface area (Å²) in [6, 6.07) is 10.2. The molecule has 1 aromatic rings. The van der Waals surface area contributed by atoms with Crippen molar-refractivity contribution in [2.24, 2.45) is 5.92 Å². The fourth-order valence-corrected chi connectivity index (χ4v) is 1.35. The zero-order valence-electron chi connectivity index (χ0n) is 9.28. The van der Waals surface area contributed by atoms with Crippen LogP contribution in [-0.4, -0.2) is 6.61 Å². The maximum atomic E-state index is 5.57. The molecule has 0 saturated heterocycles. The summed E-state index contributed by atoms with van der Waals surface area (Å²) in [5, 5.41) is 0. The first-order valence-corrected chi connectivity index (χ1v) is 5.38. The number of hydrogen-bond donors (Lipinski definition) is 0. The molecule has 0 spiro atoms. The maximum absolute atomic E-state index is 5.57. The van der Waals surface area contributed by atoms with Gasteiger partial charge in [0.1, 0.15) is 0 Å². The van der Waals surface area contributed by atoms with Crippen molar-refractivity contribution in [3.63, 3.8) is 0 Å². The normalized spacial score (nSPS) is 12.0. The van der Waals surface area contributed by atoms with Gasteiger partial charge in [0, 0.05) is 13.0 Å². The van der Waals surface area contributed by atoms with Gasteiger partial charge in [-0.25, -0.2) is 0 Å². The molecule has 1 unspecified atom stereocenters. The SMILES string of the molecule is C#CCC(C)CCOCc1ccccc1. The van der Waals surface area contributed by atoms with Crippen molar-refractivity contribution in [2.75, 3.05) is 6.61 Å². The first-order chi connectivity index (χ1) is 7.33. The largest absolute Gasteiger partial charge is 0.377 e. The third-order valence-corrected chi connectivity index (χ3v) is 2.33. The zero-order chi connectivity index (χ0) is 10.9. The van der Waals surface area contributed by atoms with Crippen molar-refractivity contribution in [3.05, 3.63) is 35.9 Å². The van der Waals surface area contributed by atoms with Crippen molar-refractivity contribution in [1.82, 2.24) is 0 Å². The molecule has 0 bridgehead atoms. The van der Waals surface area contributed by atoms with E-state index in [-0.39, 0.29) is 0 Å². The molecule has 0 aliphatic rings. The van der Waals surface area contributed by atoms with Crippen molar-refractivity contribution in [2.45, 2.75) is 26.4 Å². The van der Waals surface area contributed by atoms with Crippen LogP contribution in [0.25, 0.3) is 0 Å². The van der Waals surface area contributed by atoms with E-state index in [2.05, 4.69) is 25.0 Å². The predicted molar refractivity (Wildman–Crippen MR) is 63.3 cm³/mol. The summed E-state index contributed by atoms with van der Waals surface area (Å²) >= 11 is 0. The quantitative estimate of drug-likeness (QED) is 0.508. The van der Waals surface area contributed by atoms with Crippen LogP contribution in [-0.2, 0) is 11.3 Å². The molecule has 1 heteroatoms. The van der Waals surface area contributed by atoms with Crippen LogP contribution in [0.2, 0.25) is 0 Å². The van der Waals surface area contributed by atoms with E-state index in [1.807, 2.05) is 18.2 Å². The third kappa shape index (κ3) is 5.24. The summed E-state index contributed by atoms with van der Waals surface area (Å²) in [6.07, 6.45) is 7.11. The van der Waals surface area contributed by atoms with Gasteiger partial charge in [-0.1, -0.05) is 37.3 Å².